The number of ether oxygens (including phenoxy) is 1. The zero-order valence-corrected chi connectivity index (χ0v) is 11.8. The predicted molar refractivity (Wildman–Crippen MR) is 74.2 cm³/mol. The Bertz CT molecular complexity index is 333. The van der Waals surface area contributed by atoms with E-state index in [0.717, 1.165) is 29.7 Å². The Morgan fingerprint density at radius 2 is 1.88 bits per heavy atom. The number of rotatable bonds is 8. The van der Waals surface area contributed by atoms with Crippen molar-refractivity contribution in [1.29, 1.82) is 0 Å². The number of carbonyl (C=O) groups is 1. The number of hydrogen-bond donors (Lipinski definition) is 0. The van der Waals surface area contributed by atoms with Crippen LogP contribution in [-0.4, -0.2) is 17.7 Å². The minimum absolute atomic E-state index is 0.175. The molecule has 94 valence electrons. The van der Waals surface area contributed by atoms with E-state index in [9.17, 15) is 4.79 Å². The van der Waals surface area contributed by atoms with Crippen LogP contribution in [0.25, 0.3) is 0 Å². The number of halogens is 1. The molecule has 0 saturated carbocycles. The number of Topliss-reactive ketones (excluding diaryl/α,β-unsaturated/α-hetero) is 1. The van der Waals surface area contributed by atoms with Gasteiger partial charge in [0.05, 0.1) is 6.61 Å². The van der Waals surface area contributed by atoms with Crippen LogP contribution in [0.1, 0.15) is 43.0 Å². The van der Waals surface area contributed by atoms with Gasteiger partial charge in [0, 0.05) is 17.3 Å². The van der Waals surface area contributed by atoms with Crippen LogP contribution in [-0.2, 0) is 0 Å². The maximum atomic E-state index is 11.4. The molecule has 0 aliphatic heterocycles. The van der Waals surface area contributed by atoms with Gasteiger partial charge in [0.1, 0.15) is 5.75 Å². The second-order valence-corrected chi connectivity index (χ2v) is 4.69. The summed E-state index contributed by atoms with van der Waals surface area (Å²) >= 11 is 3.40. The fourth-order valence-electron chi connectivity index (χ4n) is 1.50. The first-order valence-corrected chi connectivity index (χ1v) is 7.22. The van der Waals surface area contributed by atoms with Crippen LogP contribution >= 0.6 is 15.9 Å². The molecule has 1 aromatic rings. The molecule has 17 heavy (non-hydrogen) atoms. The van der Waals surface area contributed by atoms with Gasteiger partial charge in [0.15, 0.2) is 5.78 Å². The fraction of sp³-hybridized carbons (Fsp3) is 0.500. The van der Waals surface area contributed by atoms with Gasteiger partial charge in [-0.25, -0.2) is 0 Å². The van der Waals surface area contributed by atoms with Crippen LogP contribution < -0.4 is 4.74 Å². The van der Waals surface area contributed by atoms with Crippen molar-refractivity contribution in [3.8, 4) is 5.75 Å². The summed E-state index contributed by atoms with van der Waals surface area (Å²) in [6.07, 6.45) is 3.99. The van der Waals surface area contributed by atoms with Gasteiger partial charge in [-0.3, -0.25) is 4.79 Å². The molecule has 2 nitrogen and oxygen atoms in total. The molecule has 0 bridgehead atoms. The standard InChI is InChI=1S/C14H19BrO2/c1-2-14(16)12-6-8-13(9-7-12)17-11-5-3-4-10-15/h6-9H,2-5,10-11H2,1H3. The molecule has 1 rings (SSSR count). The van der Waals surface area contributed by atoms with Crippen LogP contribution in [0.2, 0.25) is 0 Å². The third kappa shape index (κ3) is 5.35. The van der Waals surface area contributed by atoms with Crippen LogP contribution in [0, 0.1) is 0 Å². The van der Waals surface area contributed by atoms with Crippen molar-refractivity contribution >= 4 is 21.7 Å². The van der Waals surface area contributed by atoms with Crippen LogP contribution in [0.3, 0.4) is 0 Å². The highest BCUT2D eigenvalue weighted by molar-refractivity contribution is 9.09. The van der Waals surface area contributed by atoms with Crippen molar-refractivity contribution in [3.05, 3.63) is 29.8 Å². The van der Waals surface area contributed by atoms with Crippen molar-refractivity contribution in [2.45, 2.75) is 32.6 Å². The molecule has 0 aliphatic carbocycles. The molecular weight excluding hydrogens is 280 g/mol. The van der Waals surface area contributed by atoms with Crippen LogP contribution in [0.5, 0.6) is 5.75 Å². The van der Waals surface area contributed by atoms with Gasteiger partial charge in [-0.1, -0.05) is 22.9 Å². The number of alkyl halides is 1. The summed E-state index contributed by atoms with van der Waals surface area (Å²) in [6, 6.07) is 7.40. The van der Waals surface area contributed by atoms with Crippen molar-refractivity contribution < 1.29 is 9.53 Å². The van der Waals surface area contributed by atoms with Gasteiger partial charge < -0.3 is 4.74 Å². The summed E-state index contributed by atoms with van der Waals surface area (Å²) < 4.78 is 5.59. The highest BCUT2D eigenvalue weighted by Crippen LogP contribution is 2.14. The first-order valence-electron chi connectivity index (χ1n) is 6.10. The van der Waals surface area contributed by atoms with E-state index in [2.05, 4.69) is 15.9 Å². The molecule has 0 saturated heterocycles. The summed E-state index contributed by atoms with van der Waals surface area (Å²) in [4.78, 5) is 11.4. The average molecular weight is 299 g/mol. The molecule has 0 aliphatic rings. The van der Waals surface area contributed by atoms with Gasteiger partial charge in [0.25, 0.3) is 0 Å². The highest BCUT2D eigenvalue weighted by Gasteiger charge is 2.02. The van der Waals surface area contributed by atoms with Gasteiger partial charge in [-0.15, -0.1) is 0 Å². The van der Waals surface area contributed by atoms with Gasteiger partial charge in [-0.2, -0.15) is 0 Å². The number of ketones is 1. The Balaban J connectivity index is 2.33. The Labute approximate surface area is 111 Å². The van der Waals surface area contributed by atoms with E-state index in [1.807, 2.05) is 31.2 Å². The lowest BCUT2D eigenvalue weighted by Crippen LogP contribution is -1.99. The van der Waals surface area contributed by atoms with E-state index in [1.165, 1.54) is 12.8 Å². The topological polar surface area (TPSA) is 26.3 Å². The minimum Gasteiger partial charge on any atom is -0.494 e. The summed E-state index contributed by atoms with van der Waals surface area (Å²) in [6.45, 7) is 2.62. The zero-order chi connectivity index (χ0) is 12.5. The minimum atomic E-state index is 0.175. The first-order chi connectivity index (χ1) is 8.27. The van der Waals surface area contributed by atoms with Crippen LogP contribution in [0.15, 0.2) is 24.3 Å². The second kappa shape index (κ2) is 8.29. The highest BCUT2D eigenvalue weighted by atomic mass is 79.9. The molecule has 0 spiro atoms. The van der Waals surface area contributed by atoms with E-state index < -0.39 is 0 Å². The summed E-state index contributed by atoms with van der Waals surface area (Å²) in [5.41, 5.74) is 0.763. The van der Waals surface area contributed by atoms with Crippen LogP contribution in [0.4, 0.5) is 0 Å². The third-order valence-electron chi connectivity index (χ3n) is 2.54. The Morgan fingerprint density at radius 3 is 2.47 bits per heavy atom. The summed E-state index contributed by atoms with van der Waals surface area (Å²) in [5, 5.41) is 1.06. The monoisotopic (exact) mass is 298 g/mol. The zero-order valence-electron chi connectivity index (χ0n) is 10.2. The number of carbonyl (C=O) groups excluding carboxylic acids is 1. The second-order valence-electron chi connectivity index (χ2n) is 3.90. The van der Waals surface area contributed by atoms with Crippen molar-refractivity contribution in [1.82, 2.24) is 0 Å². The van der Waals surface area contributed by atoms with E-state index in [0.29, 0.717) is 6.42 Å². The average Bonchev–Trinajstić information content (AvgIpc) is 2.38. The number of unbranched alkanes of at least 4 members (excludes halogenated alkanes) is 2. The molecule has 0 fully saturated rings. The quantitative estimate of drug-likeness (QED) is 0.408. The predicted octanol–water partition coefficient (Wildman–Crippen LogP) is 4.22. The van der Waals surface area contributed by atoms with E-state index in [1.54, 1.807) is 0 Å². The maximum absolute atomic E-state index is 11.4. The van der Waals surface area contributed by atoms with E-state index >= 15 is 0 Å². The number of hydrogen-bond acceptors (Lipinski definition) is 2. The molecule has 3 heteroatoms. The molecule has 0 unspecified atom stereocenters. The van der Waals surface area contributed by atoms with Gasteiger partial charge in [0.2, 0.25) is 0 Å². The smallest absolute Gasteiger partial charge is 0.162 e. The Morgan fingerprint density at radius 1 is 1.18 bits per heavy atom. The Hall–Kier alpha value is -0.830. The van der Waals surface area contributed by atoms with Gasteiger partial charge >= 0.3 is 0 Å². The summed E-state index contributed by atoms with van der Waals surface area (Å²) in [7, 11) is 0. The molecule has 0 atom stereocenters. The molecule has 0 aromatic heterocycles. The Kier molecular flexibility index (Phi) is 6.94. The molecular formula is C14H19BrO2. The van der Waals surface area contributed by atoms with Crippen molar-refractivity contribution in [3.63, 3.8) is 0 Å². The van der Waals surface area contributed by atoms with E-state index in [-0.39, 0.29) is 5.78 Å². The maximum Gasteiger partial charge on any atom is 0.162 e. The largest absolute Gasteiger partial charge is 0.494 e. The molecule has 0 amide bonds. The molecule has 1 aromatic carbocycles. The SMILES string of the molecule is CCC(=O)c1ccc(OCCCCCBr)cc1. The third-order valence-corrected chi connectivity index (χ3v) is 3.10. The summed E-state index contributed by atoms with van der Waals surface area (Å²) in [5.74, 6) is 1.02. The van der Waals surface area contributed by atoms with Crippen molar-refractivity contribution in [2.75, 3.05) is 11.9 Å². The lowest BCUT2D eigenvalue weighted by atomic mass is 10.1. The van der Waals surface area contributed by atoms with Gasteiger partial charge in [-0.05, 0) is 43.5 Å². The molecule has 0 radical (unpaired) electrons. The molecule has 0 N–H and O–H groups in total. The number of benzene rings is 1. The molecule has 0 heterocycles. The lowest BCUT2D eigenvalue weighted by Gasteiger charge is -2.06. The fourth-order valence-corrected chi connectivity index (χ4v) is 1.90. The first kappa shape index (κ1) is 14.2. The van der Waals surface area contributed by atoms with E-state index in [4.69, 9.17) is 4.74 Å². The van der Waals surface area contributed by atoms with Crippen molar-refractivity contribution in [2.24, 2.45) is 0 Å². The normalized spacial score (nSPS) is 10.2. The lowest BCUT2D eigenvalue weighted by molar-refractivity contribution is 0.0988.